The highest BCUT2D eigenvalue weighted by Gasteiger charge is 2.38. The summed E-state index contributed by atoms with van der Waals surface area (Å²) in [6.07, 6.45) is 2.19. The minimum absolute atomic E-state index is 0. The van der Waals surface area contributed by atoms with E-state index in [0.717, 1.165) is 17.4 Å². The molecular weight excluding hydrogens is 328 g/mol. The Morgan fingerprint density at radius 2 is 1.79 bits per heavy atom. The first-order valence-electron chi connectivity index (χ1n) is 6.34. The van der Waals surface area contributed by atoms with Gasteiger partial charge < -0.3 is 10.1 Å². The van der Waals surface area contributed by atoms with Crippen LogP contribution in [0.5, 0.6) is 5.88 Å². The largest absolute Gasteiger partial charge is 0.474 e. The molecule has 1 saturated heterocycles. The van der Waals surface area contributed by atoms with Gasteiger partial charge in [-0.1, -0.05) is 6.07 Å². The molecule has 108 valence electrons. The summed E-state index contributed by atoms with van der Waals surface area (Å²) in [5.74, 6) is 0.697. The van der Waals surface area contributed by atoms with E-state index < -0.39 is 0 Å². The molecule has 5 heteroatoms. The average molecular weight is 350 g/mol. The maximum atomic E-state index is 6.03. The fourth-order valence-electron chi connectivity index (χ4n) is 2.94. The molecule has 0 saturated carbocycles. The molecule has 0 aromatic carbocycles. The number of piperidine rings is 1. The van der Waals surface area contributed by atoms with Gasteiger partial charge in [0.1, 0.15) is 10.7 Å². The fraction of sp³-hybridized carbons (Fsp3) is 0.643. The second-order valence-corrected chi connectivity index (χ2v) is 7.15. The summed E-state index contributed by atoms with van der Waals surface area (Å²) in [5, 5.41) is 3.65. The van der Waals surface area contributed by atoms with E-state index >= 15 is 0 Å². The van der Waals surface area contributed by atoms with Crippen LogP contribution in [0.25, 0.3) is 0 Å². The summed E-state index contributed by atoms with van der Waals surface area (Å²) in [6.45, 7) is 8.88. The molecule has 0 radical (unpaired) electrons. The molecule has 1 aromatic heterocycles. The lowest BCUT2D eigenvalue weighted by Gasteiger charge is -2.46. The van der Waals surface area contributed by atoms with Crippen molar-refractivity contribution in [3.8, 4) is 5.88 Å². The number of halogens is 2. The number of ether oxygens (including phenoxy) is 1. The van der Waals surface area contributed by atoms with Crippen LogP contribution in [0.2, 0.25) is 0 Å². The minimum atomic E-state index is 0. The van der Waals surface area contributed by atoms with E-state index in [4.69, 9.17) is 4.74 Å². The minimum Gasteiger partial charge on any atom is -0.474 e. The van der Waals surface area contributed by atoms with Gasteiger partial charge >= 0.3 is 0 Å². The molecule has 19 heavy (non-hydrogen) atoms. The van der Waals surface area contributed by atoms with Crippen LogP contribution in [0.4, 0.5) is 0 Å². The van der Waals surface area contributed by atoms with Crippen molar-refractivity contribution < 1.29 is 4.74 Å². The van der Waals surface area contributed by atoms with E-state index in [-0.39, 0.29) is 29.6 Å². The molecule has 0 aliphatic carbocycles. The standard InChI is InChI=1S/C14H21BrN2O.ClH/c1-13(2)8-10(9-14(3,4)17-13)18-12-7-5-6-11(15)16-12;/h5-7,10,17H,8-9H2,1-4H3;1H. The lowest BCUT2D eigenvalue weighted by Crippen LogP contribution is -2.60. The van der Waals surface area contributed by atoms with Crippen molar-refractivity contribution in [3.05, 3.63) is 22.8 Å². The molecule has 2 heterocycles. The predicted octanol–water partition coefficient (Wildman–Crippen LogP) is 3.95. The second-order valence-electron chi connectivity index (χ2n) is 6.34. The van der Waals surface area contributed by atoms with Crippen molar-refractivity contribution in [3.63, 3.8) is 0 Å². The van der Waals surface area contributed by atoms with E-state index in [1.54, 1.807) is 0 Å². The van der Waals surface area contributed by atoms with Crippen molar-refractivity contribution in [2.45, 2.75) is 57.7 Å². The molecule has 1 aliphatic rings. The van der Waals surface area contributed by atoms with E-state index in [1.807, 2.05) is 18.2 Å². The number of hydrogen-bond acceptors (Lipinski definition) is 3. The van der Waals surface area contributed by atoms with E-state index in [1.165, 1.54) is 0 Å². The Kier molecular flexibility index (Phi) is 5.27. The quantitative estimate of drug-likeness (QED) is 0.821. The Morgan fingerprint density at radius 1 is 1.21 bits per heavy atom. The van der Waals surface area contributed by atoms with Crippen LogP contribution in [0.3, 0.4) is 0 Å². The van der Waals surface area contributed by atoms with Crippen LogP contribution in [-0.2, 0) is 0 Å². The first-order chi connectivity index (χ1) is 8.26. The summed E-state index contributed by atoms with van der Waals surface area (Å²) >= 11 is 3.37. The first kappa shape index (κ1) is 16.7. The highest BCUT2D eigenvalue weighted by Crippen LogP contribution is 2.31. The third-order valence-electron chi connectivity index (χ3n) is 3.13. The monoisotopic (exact) mass is 348 g/mol. The fourth-order valence-corrected chi connectivity index (χ4v) is 3.27. The van der Waals surface area contributed by atoms with Crippen LogP contribution in [0.1, 0.15) is 40.5 Å². The third-order valence-corrected chi connectivity index (χ3v) is 3.57. The number of pyridine rings is 1. The van der Waals surface area contributed by atoms with Crippen molar-refractivity contribution in [2.75, 3.05) is 0 Å². The summed E-state index contributed by atoms with van der Waals surface area (Å²) in [5.41, 5.74) is 0.191. The zero-order valence-electron chi connectivity index (χ0n) is 11.9. The molecule has 0 bridgehead atoms. The third kappa shape index (κ3) is 4.93. The van der Waals surface area contributed by atoms with Gasteiger partial charge in [-0.15, -0.1) is 12.4 Å². The van der Waals surface area contributed by atoms with Gasteiger partial charge in [0, 0.05) is 30.0 Å². The number of hydrogen-bond donors (Lipinski definition) is 1. The van der Waals surface area contributed by atoms with E-state index in [0.29, 0.717) is 5.88 Å². The average Bonchev–Trinajstić information content (AvgIpc) is 2.11. The van der Waals surface area contributed by atoms with Gasteiger partial charge in [0.25, 0.3) is 0 Å². The topological polar surface area (TPSA) is 34.1 Å². The zero-order chi connectivity index (χ0) is 13.4. The van der Waals surface area contributed by atoms with Gasteiger partial charge in [0.15, 0.2) is 0 Å². The van der Waals surface area contributed by atoms with Crippen LogP contribution in [0.15, 0.2) is 22.8 Å². The molecule has 1 N–H and O–H groups in total. The van der Waals surface area contributed by atoms with Crippen molar-refractivity contribution >= 4 is 28.3 Å². The summed E-state index contributed by atoms with van der Waals surface area (Å²) in [4.78, 5) is 4.34. The summed E-state index contributed by atoms with van der Waals surface area (Å²) in [7, 11) is 0. The molecular formula is C14H22BrClN2O. The Hall–Kier alpha value is -0.320. The number of aromatic nitrogens is 1. The van der Waals surface area contributed by atoms with Crippen molar-refractivity contribution in [1.82, 2.24) is 10.3 Å². The molecule has 0 atom stereocenters. The van der Waals surface area contributed by atoms with Crippen molar-refractivity contribution in [1.29, 1.82) is 0 Å². The van der Waals surface area contributed by atoms with Gasteiger partial charge in [0.05, 0.1) is 0 Å². The number of rotatable bonds is 2. The molecule has 0 spiro atoms. The van der Waals surface area contributed by atoms with Gasteiger partial charge in [-0.3, -0.25) is 0 Å². The smallest absolute Gasteiger partial charge is 0.214 e. The number of nitrogens with one attached hydrogen (secondary N) is 1. The van der Waals surface area contributed by atoms with Crippen molar-refractivity contribution in [2.24, 2.45) is 0 Å². The second kappa shape index (κ2) is 5.98. The molecule has 1 aliphatic heterocycles. The Balaban J connectivity index is 0.00000180. The van der Waals surface area contributed by atoms with E-state index in [2.05, 4.69) is 53.9 Å². The summed E-state index contributed by atoms with van der Waals surface area (Å²) in [6, 6.07) is 5.76. The van der Waals surface area contributed by atoms with Crippen LogP contribution in [0, 0.1) is 0 Å². The predicted molar refractivity (Wildman–Crippen MR) is 84.1 cm³/mol. The molecule has 3 nitrogen and oxygen atoms in total. The SMILES string of the molecule is CC1(C)CC(Oc2cccc(Br)n2)CC(C)(C)N1.Cl. The Morgan fingerprint density at radius 3 is 2.32 bits per heavy atom. The normalized spacial score (nSPS) is 21.5. The van der Waals surface area contributed by atoms with Crippen LogP contribution < -0.4 is 10.1 Å². The van der Waals surface area contributed by atoms with Crippen LogP contribution >= 0.6 is 28.3 Å². The van der Waals surface area contributed by atoms with Crippen LogP contribution in [-0.4, -0.2) is 22.2 Å². The molecule has 1 aromatic rings. The van der Waals surface area contributed by atoms with Gasteiger partial charge in [-0.25, -0.2) is 4.98 Å². The number of nitrogens with zero attached hydrogens (tertiary/aromatic N) is 1. The highest BCUT2D eigenvalue weighted by atomic mass is 79.9. The van der Waals surface area contributed by atoms with Gasteiger partial charge in [-0.2, -0.15) is 0 Å². The van der Waals surface area contributed by atoms with Gasteiger partial charge in [0.2, 0.25) is 5.88 Å². The highest BCUT2D eigenvalue weighted by molar-refractivity contribution is 9.10. The molecule has 1 fully saturated rings. The molecule has 0 amide bonds. The van der Waals surface area contributed by atoms with E-state index in [9.17, 15) is 0 Å². The Labute approximate surface area is 130 Å². The first-order valence-corrected chi connectivity index (χ1v) is 7.14. The lowest BCUT2D eigenvalue weighted by molar-refractivity contribution is 0.0529. The maximum Gasteiger partial charge on any atom is 0.214 e. The zero-order valence-corrected chi connectivity index (χ0v) is 14.3. The molecule has 0 unspecified atom stereocenters. The van der Waals surface area contributed by atoms with Gasteiger partial charge in [-0.05, 0) is 49.7 Å². The maximum absolute atomic E-state index is 6.03. The molecule has 2 rings (SSSR count). The lowest BCUT2D eigenvalue weighted by atomic mass is 9.81. The summed E-state index contributed by atoms with van der Waals surface area (Å²) < 4.78 is 6.84. The Bertz CT molecular complexity index is 421.